The molecule has 18 heavy (non-hydrogen) atoms. The molecule has 0 aliphatic rings. The molecule has 1 atom stereocenters. The third kappa shape index (κ3) is 5.03. The van der Waals surface area contributed by atoms with E-state index < -0.39 is 22.6 Å². The molecule has 0 aliphatic heterocycles. The average Bonchev–Trinajstić information content (AvgIpc) is 2.26. The summed E-state index contributed by atoms with van der Waals surface area (Å²) in [5.41, 5.74) is 0. The summed E-state index contributed by atoms with van der Waals surface area (Å²) in [6, 6.07) is 7.92. The molecule has 0 spiro atoms. The zero-order valence-corrected chi connectivity index (χ0v) is 10.5. The van der Waals surface area contributed by atoms with Crippen LogP contribution in [0.25, 0.3) is 0 Å². The smallest absolute Gasteiger partial charge is 0.284 e. The van der Waals surface area contributed by atoms with Gasteiger partial charge in [0, 0.05) is 0 Å². The fourth-order valence-corrected chi connectivity index (χ4v) is 2.37. The third-order valence-corrected chi connectivity index (χ3v) is 3.53. The van der Waals surface area contributed by atoms with Gasteiger partial charge in [0.25, 0.3) is 0 Å². The lowest BCUT2D eigenvalue weighted by Gasteiger charge is -2.19. The molecule has 8 heteroatoms. The number of benzene rings is 1. The van der Waals surface area contributed by atoms with Crippen molar-refractivity contribution in [1.29, 1.82) is 4.78 Å². The van der Waals surface area contributed by atoms with E-state index in [9.17, 15) is 17.4 Å². The Morgan fingerprint density at radius 1 is 1.33 bits per heavy atom. The quantitative estimate of drug-likeness (QED) is 0.812. The molecule has 0 saturated heterocycles. The van der Waals surface area contributed by atoms with E-state index in [0.29, 0.717) is 0 Å². The molecule has 0 heterocycles. The molecule has 1 aromatic rings. The number of hydrogen-bond acceptors (Lipinski definition) is 3. The third-order valence-electron chi connectivity index (χ3n) is 2.06. The van der Waals surface area contributed by atoms with Crippen LogP contribution in [-0.4, -0.2) is 35.5 Å². The normalized spacial score (nSPS) is 15.6. The van der Waals surface area contributed by atoms with Crippen LogP contribution in [0.3, 0.4) is 0 Å². The SMILES string of the molecule is CN(CNS(=N)(=O)c1ccccc1)CC(F)(F)F. The maximum atomic E-state index is 12.1. The van der Waals surface area contributed by atoms with Crippen LogP contribution in [0.1, 0.15) is 0 Å². The van der Waals surface area contributed by atoms with Crippen molar-refractivity contribution in [2.75, 3.05) is 20.3 Å². The van der Waals surface area contributed by atoms with Gasteiger partial charge in [0.2, 0.25) is 0 Å². The maximum Gasteiger partial charge on any atom is 0.401 e. The summed E-state index contributed by atoms with van der Waals surface area (Å²) in [5.74, 6) is 0. The van der Waals surface area contributed by atoms with E-state index >= 15 is 0 Å². The van der Waals surface area contributed by atoms with E-state index in [4.69, 9.17) is 4.78 Å². The predicted octanol–water partition coefficient (Wildman–Crippen LogP) is 2.05. The Bertz CT molecular complexity index is 473. The average molecular weight is 281 g/mol. The highest BCUT2D eigenvalue weighted by Crippen LogP contribution is 2.15. The van der Waals surface area contributed by atoms with Crippen LogP contribution in [0.15, 0.2) is 35.2 Å². The van der Waals surface area contributed by atoms with Crippen molar-refractivity contribution in [2.45, 2.75) is 11.1 Å². The Hall–Kier alpha value is -1.12. The molecule has 0 amide bonds. The molecule has 2 N–H and O–H groups in total. The Labute approximate surface area is 104 Å². The van der Waals surface area contributed by atoms with E-state index in [1.54, 1.807) is 18.2 Å². The predicted molar refractivity (Wildman–Crippen MR) is 62.3 cm³/mol. The molecule has 0 saturated carbocycles. The molecule has 1 unspecified atom stereocenters. The van der Waals surface area contributed by atoms with Gasteiger partial charge in [-0.15, -0.1) is 0 Å². The summed E-state index contributed by atoms with van der Waals surface area (Å²) in [6.45, 7) is -1.40. The maximum absolute atomic E-state index is 12.1. The number of rotatable bonds is 5. The van der Waals surface area contributed by atoms with Crippen LogP contribution in [0.2, 0.25) is 0 Å². The molecule has 0 fully saturated rings. The van der Waals surface area contributed by atoms with Crippen molar-refractivity contribution in [3.63, 3.8) is 0 Å². The number of nitrogens with zero attached hydrogens (tertiary/aromatic N) is 1. The first-order chi connectivity index (χ1) is 8.21. The first kappa shape index (κ1) is 14.9. The minimum Gasteiger partial charge on any atom is -0.284 e. The lowest BCUT2D eigenvalue weighted by atomic mass is 10.4. The molecular weight excluding hydrogens is 267 g/mol. The van der Waals surface area contributed by atoms with Gasteiger partial charge in [-0.2, -0.15) is 13.2 Å². The zero-order valence-electron chi connectivity index (χ0n) is 9.70. The summed E-state index contributed by atoms with van der Waals surface area (Å²) in [5, 5.41) is 0. The number of hydrogen-bond donors (Lipinski definition) is 2. The van der Waals surface area contributed by atoms with E-state index in [1.807, 2.05) is 0 Å². The fraction of sp³-hybridized carbons (Fsp3) is 0.400. The van der Waals surface area contributed by atoms with Gasteiger partial charge >= 0.3 is 6.18 Å². The number of halogens is 3. The monoisotopic (exact) mass is 281 g/mol. The van der Waals surface area contributed by atoms with Gasteiger partial charge in [0.15, 0.2) is 0 Å². The Morgan fingerprint density at radius 2 is 1.89 bits per heavy atom. The largest absolute Gasteiger partial charge is 0.401 e. The van der Waals surface area contributed by atoms with Crippen molar-refractivity contribution in [1.82, 2.24) is 9.62 Å². The molecule has 0 radical (unpaired) electrons. The van der Waals surface area contributed by atoms with E-state index in [0.717, 1.165) is 4.90 Å². The van der Waals surface area contributed by atoms with Crippen LogP contribution in [0.4, 0.5) is 13.2 Å². The van der Waals surface area contributed by atoms with Crippen molar-refractivity contribution >= 4 is 9.92 Å². The molecule has 1 rings (SSSR count). The van der Waals surface area contributed by atoms with Crippen molar-refractivity contribution in [2.24, 2.45) is 0 Å². The van der Waals surface area contributed by atoms with Crippen LogP contribution in [-0.2, 0) is 9.92 Å². The van der Waals surface area contributed by atoms with Gasteiger partial charge in [-0.05, 0) is 19.2 Å². The highest BCUT2D eigenvalue weighted by molar-refractivity contribution is 7.90. The van der Waals surface area contributed by atoms with Crippen LogP contribution >= 0.6 is 0 Å². The van der Waals surface area contributed by atoms with Gasteiger partial charge in [-0.25, -0.2) is 13.7 Å². The molecule has 4 nitrogen and oxygen atoms in total. The van der Waals surface area contributed by atoms with E-state index in [-0.39, 0.29) is 11.6 Å². The van der Waals surface area contributed by atoms with Gasteiger partial charge in [-0.1, -0.05) is 18.2 Å². The lowest BCUT2D eigenvalue weighted by molar-refractivity contribution is -0.143. The molecule has 102 valence electrons. The molecular formula is C10H14F3N3OS. The Morgan fingerprint density at radius 3 is 2.39 bits per heavy atom. The van der Waals surface area contributed by atoms with Gasteiger partial charge < -0.3 is 0 Å². The zero-order chi connectivity index (χ0) is 13.8. The highest BCUT2D eigenvalue weighted by Gasteiger charge is 2.29. The molecule has 0 aliphatic carbocycles. The standard InChI is InChI=1S/C10H14F3N3OS/c1-16(7-10(11,12)13)8-15-18(14,17)9-5-3-2-4-6-9/h2-6H,7-8H2,1H3,(H2,14,15,17). The van der Waals surface area contributed by atoms with Gasteiger partial charge in [0.1, 0.15) is 9.92 Å². The summed E-state index contributed by atoms with van der Waals surface area (Å²) in [4.78, 5) is 1.15. The number of nitrogens with one attached hydrogen (secondary N) is 2. The first-order valence-corrected chi connectivity index (χ1v) is 6.60. The minimum atomic E-state index is -4.31. The second-order valence-corrected chi connectivity index (χ2v) is 5.67. The van der Waals surface area contributed by atoms with Crippen molar-refractivity contribution in [3.05, 3.63) is 30.3 Å². The topological polar surface area (TPSA) is 56.2 Å². The second-order valence-electron chi connectivity index (χ2n) is 3.80. The number of alkyl halides is 3. The Kier molecular flexibility index (Phi) is 4.71. The summed E-state index contributed by atoms with van der Waals surface area (Å²) >= 11 is 0. The second kappa shape index (κ2) is 5.68. The molecule has 0 aromatic heterocycles. The Balaban J connectivity index is 2.58. The first-order valence-electron chi connectivity index (χ1n) is 5.04. The van der Waals surface area contributed by atoms with E-state index in [2.05, 4.69) is 4.72 Å². The summed E-state index contributed by atoms with van der Waals surface area (Å²) in [6.07, 6.45) is -4.31. The fourth-order valence-electron chi connectivity index (χ4n) is 1.26. The summed E-state index contributed by atoms with van der Waals surface area (Å²) < 4.78 is 58.0. The highest BCUT2D eigenvalue weighted by atomic mass is 32.2. The van der Waals surface area contributed by atoms with Gasteiger partial charge in [-0.3, -0.25) is 4.90 Å². The van der Waals surface area contributed by atoms with Crippen LogP contribution in [0.5, 0.6) is 0 Å². The molecule has 0 bridgehead atoms. The van der Waals surface area contributed by atoms with Crippen LogP contribution < -0.4 is 4.72 Å². The van der Waals surface area contributed by atoms with Crippen LogP contribution in [0, 0.1) is 4.78 Å². The van der Waals surface area contributed by atoms with E-state index in [1.165, 1.54) is 19.2 Å². The van der Waals surface area contributed by atoms with Crippen molar-refractivity contribution < 1.29 is 17.4 Å². The van der Waals surface area contributed by atoms with Crippen molar-refractivity contribution in [3.8, 4) is 0 Å². The minimum absolute atomic E-state index is 0.241. The summed E-state index contributed by atoms with van der Waals surface area (Å²) in [7, 11) is -2.03. The van der Waals surface area contributed by atoms with Gasteiger partial charge in [0.05, 0.1) is 18.1 Å². The molecule has 1 aromatic carbocycles. The lowest BCUT2D eigenvalue weighted by Crippen LogP contribution is -2.39.